The van der Waals surface area contributed by atoms with Crippen molar-refractivity contribution in [1.29, 1.82) is 0 Å². The summed E-state index contributed by atoms with van der Waals surface area (Å²) in [6, 6.07) is 1.08. The van der Waals surface area contributed by atoms with Crippen LogP contribution in [-0.4, -0.2) is 16.0 Å². The normalized spacial score (nSPS) is 10.4. The SMILES string of the molecule is CC(=O)C=CC[SiH3]. The van der Waals surface area contributed by atoms with Crippen LogP contribution in [0.25, 0.3) is 0 Å². The molecule has 0 rings (SSSR count). The minimum Gasteiger partial charge on any atom is -0.295 e. The second kappa shape index (κ2) is 3.80. The van der Waals surface area contributed by atoms with Gasteiger partial charge in [0.1, 0.15) is 0 Å². The first-order chi connectivity index (χ1) is 3.27. The Morgan fingerprint density at radius 1 is 1.86 bits per heavy atom. The zero-order valence-corrected chi connectivity index (χ0v) is 6.77. The highest BCUT2D eigenvalue weighted by Crippen LogP contribution is 1.76. The molecule has 0 unspecified atom stereocenters. The number of hydrogen-bond donors (Lipinski definition) is 0. The lowest BCUT2D eigenvalue weighted by Gasteiger charge is -1.73. The average Bonchev–Trinajstić information content (AvgIpc) is 1.61. The van der Waals surface area contributed by atoms with E-state index in [1.165, 1.54) is 0 Å². The van der Waals surface area contributed by atoms with Crippen molar-refractivity contribution in [2.75, 3.05) is 0 Å². The Hall–Kier alpha value is -0.373. The Labute approximate surface area is 46.8 Å². The van der Waals surface area contributed by atoms with Gasteiger partial charge in [-0.2, -0.15) is 0 Å². The van der Waals surface area contributed by atoms with E-state index in [0.717, 1.165) is 16.3 Å². The topological polar surface area (TPSA) is 17.1 Å². The molecule has 0 fully saturated rings. The fraction of sp³-hybridized carbons (Fsp3) is 0.400. The van der Waals surface area contributed by atoms with Gasteiger partial charge in [0, 0.05) is 10.2 Å². The molecule has 0 bridgehead atoms. The molecule has 0 N–H and O–H groups in total. The summed E-state index contributed by atoms with van der Waals surface area (Å²) in [6.07, 6.45) is 3.53. The van der Waals surface area contributed by atoms with Gasteiger partial charge in [0.25, 0.3) is 0 Å². The van der Waals surface area contributed by atoms with Gasteiger partial charge in [-0.05, 0) is 19.0 Å². The molecule has 0 spiro atoms. The van der Waals surface area contributed by atoms with Crippen LogP contribution in [0.5, 0.6) is 0 Å². The van der Waals surface area contributed by atoms with E-state index in [9.17, 15) is 4.79 Å². The fourth-order valence-corrected chi connectivity index (χ4v) is 0.520. The average molecular weight is 114 g/mol. The van der Waals surface area contributed by atoms with E-state index in [4.69, 9.17) is 0 Å². The quantitative estimate of drug-likeness (QED) is 0.362. The highest BCUT2D eigenvalue weighted by molar-refractivity contribution is 6.10. The van der Waals surface area contributed by atoms with Gasteiger partial charge in [0.2, 0.25) is 0 Å². The summed E-state index contributed by atoms with van der Waals surface area (Å²) >= 11 is 0. The van der Waals surface area contributed by atoms with Gasteiger partial charge in [0.05, 0.1) is 0 Å². The molecule has 0 aliphatic carbocycles. The molecule has 0 aromatic rings. The van der Waals surface area contributed by atoms with Crippen LogP contribution in [0.15, 0.2) is 12.2 Å². The summed E-state index contributed by atoms with van der Waals surface area (Å²) in [5.41, 5.74) is 0. The van der Waals surface area contributed by atoms with Gasteiger partial charge < -0.3 is 0 Å². The Morgan fingerprint density at radius 3 is 2.57 bits per heavy atom. The molecule has 7 heavy (non-hydrogen) atoms. The number of rotatable bonds is 2. The van der Waals surface area contributed by atoms with Crippen molar-refractivity contribution in [1.82, 2.24) is 0 Å². The van der Waals surface area contributed by atoms with E-state index in [2.05, 4.69) is 0 Å². The molecule has 0 aromatic carbocycles. The summed E-state index contributed by atoms with van der Waals surface area (Å²) in [5.74, 6) is 0.149. The fourth-order valence-electron chi connectivity index (χ4n) is 0.284. The summed E-state index contributed by atoms with van der Waals surface area (Å²) < 4.78 is 0. The van der Waals surface area contributed by atoms with Gasteiger partial charge in [-0.25, -0.2) is 0 Å². The molecular formula is C5H10OSi. The third-order valence-electron chi connectivity index (χ3n) is 0.588. The summed E-state index contributed by atoms with van der Waals surface area (Å²) in [5, 5.41) is 0. The van der Waals surface area contributed by atoms with E-state index >= 15 is 0 Å². The smallest absolute Gasteiger partial charge is 0.152 e. The van der Waals surface area contributed by atoms with E-state index in [1.807, 2.05) is 6.08 Å². The first kappa shape index (κ1) is 6.63. The molecule has 0 aromatic heterocycles. The van der Waals surface area contributed by atoms with Crippen LogP contribution in [0.4, 0.5) is 0 Å². The Morgan fingerprint density at radius 2 is 2.43 bits per heavy atom. The third kappa shape index (κ3) is 5.63. The van der Waals surface area contributed by atoms with Crippen LogP contribution in [0, 0.1) is 0 Å². The molecule has 40 valence electrons. The Bertz CT molecular complexity index is 86.1. The van der Waals surface area contributed by atoms with E-state index < -0.39 is 0 Å². The number of carbonyl (C=O) groups is 1. The molecule has 2 heteroatoms. The number of ketones is 1. The lowest BCUT2D eigenvalue weighted by Crippen LogP contribution is -1.78. The van der Waals surface area contributed by atoms with Crippen LogP contribution >= 0.6 is 0 Å². The van der Waals surface area contributed by atoms with Crippen molar-refractivity contribution in [3.05, 3.63) is 12.2 Å². The molecule has 0 amide bonds. The Balaban J connectivity index is 3.26. The molecule has 0 saturated carbocycles. The van der Waals surface area contributed by atoms with Crippen LogP contribution in [-0.2, 0) is 4.79 Å². The number of hydrogen-bond acceptors (Lipinski definition) is 1. The van der Waals surface area contributed by atoms with Crippen molar-refractivity contribution in [3.8, 4) is 0 Å². The van der Waals surface area contributed by atoms with Crippen LogP contribution in [0.1, 0.15) is 6.92 Å². The molecular weight excluding hydrogens is 104 g/mol. The predicted octanol–water partition coefficient (Wildman–Crippen LogP) is -0.0847. The van der Waals surface area contributed by atoms with E-state index in [-0.39, 0.29) is 5.78 Å². The summed E-state index contributed by atoms with van der Waals surface area (Å²) in [6.45, 7) is 1.56. The lowest BCUT2D eigenvalue weighted by molar-refractivity contribution is -0.112. The van der Waals surface area contributed by atoms with Gasteiger partial charge in [-0.1, -0.05) is 6.08 Å². The molecule has 0 saturated heterocycles. The zero-order valence-electron chi connectivity index (χ0n) is 4.77. The van der Waals surface area contributed by atoms with Gasteiger partial charge in [0.15, 0.2) is 5.78 Å². The highest BCUT2D eigenvalue weighted by Gasteiger charge is 1.75. The standard InChI is InChI=1S/C5H10OSi/c1-5(6)3-2-4-7/h2-3H,4H2,1,7H3. The Kier molecular flexibility index (Phi) is 3.60. The molecule has 0 radical (unpaired) electrons. The molecule has 0 atom stereocenters. The third-order valence-corrected chi connectivity index (χ3v) is 1.06. The van der Waals surface area contributed by atoms with Crippen molar-refractivity contribution in [2.24, 2.45) is 0 Å². The number of carbonyl (C=O) groups excluding carboxylic acids is 1. The molecule has 0 aliphatic heterocycles. The van der Waals surface area contributed by atoms with Crippen LogP contribution < -0.4 is 0 Å². The largest absolute Gasteiger partial charge is 0.295 e. The molecule has 1 nitrogen and oxygen atoms in total. The van der Waals surface area contributed by atoms with Crippen molar-refractivity contribution >= 4 is 16.0 Å². The lowest BCUT2D eigenvalue weighted by atomic mass is 10.4. The minimum atomic E-state index is 0.149. The summed E-state index contributed by atoms with van der Waals surface area (Å²) in [7, 11) is 1.16. The summed E-state index contributed by atoms with van der Waals surface area (Å²) in [4.78, 5) is 10.1. The van der Waals surface area contributed by atoms with Crippen molar-refractivity contribution in [3.63, 3.8) is 0 Å². The van der Waals surface area contributed by atoms with Gasteiger partial charge in [-0.15, -0.1) is 0 Å². The predicted molar refractivity (Wildman–Crippen MR) is 34.6 cm³/mol. The van der Waals surface area contributed by atoms with Gasteiger partial charge in [-0.3, -0.25) is 4.79 Å². The molecule has 0 aliphatic rings. The zero-order chi connectivity index (χ0) is 5.70. The second-order valence-electron chi connectivity index (χ2n) is 1.42. The first-order valence-corrected chi connectivity index (χ1v) is 3.86. The van der Waals surface area contributed by atoms with Crippen molar-refractivity contribution in [2.45, 2.75) is 13.0 Å². The maximum atomic E-state index is 10.1. The van der Waals surface area contributed by atoms with E-state index in [1.54, 1.807) is 13.0 Å². The maximum absolute atomic E-state index is 10.1. The molecule has 0 heterocycles. The monoisotopic (exact) mass is 114 g/mol. The maximum Gasteiger partial charge on any atom is 0.152 e. The number of allylic oxidation sites excluding steroid dienone is 2. The second-order valence-corrected chi connectivity index (χ2v) is 2.24. The van der Waals surface area contributed by atoms with Crippen LogP contribution in [0.3, 0.4) is 0 Å². The minimum absolute atomic E-state index is 0.149. The van der Waals surface area contributed by atoms with Crippen LogP contribution in [0.2, 0.25) is 6.04 Å². The van der Waals surface area contributed by atoms with E-state index in [0.29, 0.717) is 0 Å². The van der Waals surface area contributed by atoms with Gasteiger partial charge >= 0.3 is 0 Å². The highest BCUT2D eigenvalue weighted by atomic mass is 28.1. The first-order valence-electron chi connectivity index (χ1n) is 2.44. The van der Waals surface area contributed by atoms with Crippen molar-refractivity contribution < 1.29 is 4.79 Å².